The van der Waals surface area contributed by atoms with Gasteiger partial charge in [-0.3, -0.25) is 9.78 Å². The number of aliphatic hydroxyl groups is 4. The summed E-state index contributed by atoms with van der Waals surface area (Å²) in [6, 6.07) is 3.77. The second-order valence-corrected chi connectivity index (χ2v) is 7.52. The van der Waals surface area contributed by atoms with E-state index in [2.05, 4.69) is 10.3 Å². The number of carbonyl (C=O) groups is 1. The van der Waals surface area contributed by atoms with Crippen LogP contribution < -0.4 is 10.2 Å². The van der Waals surface area contributed by atoms with Crippen molar-refractivity contribution in [2.24, 2.45) is 0 Å². The van der Waals surface area contributed by atoms with Crippen LogP contribution in [0.1, 0.15) is 6.42 Å². The van der Waals surface area contributed by atoms with Crippen LogP contribution in [-0.4, -0.2) is 122 Å². The Hall–Kier alpha value is -1.90. The van der Waals surface area contributed by atoms with E-state index in [1.165, 1.54) is 0 Å². The van der Waals surface area contributed by atoms with Gasteiger partial charge in [0.05, 0.1) is 39.6 Å². The normalized spacial score (nSPS) is 25.1. The topological polar surface area (TPSA) is 163 Å². The number of pyridine rings is 1. The van der Waals surface area contributed by atoms with E-state index in [0.29, 0.717) is 39.3 Å². The summed E-state index contributed by atoms with van der Waals surface area (Å²) in [5.41, 5.74) is 1.000. The van der Waals surface area contributed by atoms with Crippen molar-refractivity contribution in [1.29, 1.82) is 0 Å². The molecule has 5 atom stereocenters. The molecule has 0 radical (unpaired) electrons. The summed E-state index contributed by atoms with van der Waals surface area (Å²) in [5, 5.41) is 41.2. The van der Waals surface area contributed by atoms with Crippen LogP contribution in [0.2, 0.25) is 0 Å². The number of nitrogens with one attached hydrogen (secondary N) is 1. The van der Waals surface area contributed by atoms with Crippen LogP contribution >= 0.6 is 0 Å². The molecule has 5 N–H and O–H groups in total. The van der Waals surface area contributed by atoms with Gasteiger partial charge in [0.25, 0.3) is 0 Å². The predicted octanol–water partition coefficient (Wildman–Crippen LogP) is -2.13. The lowest BCUT2D eigenvalue weighted by molar-refractivity contribution is -0.302. The quantitative estimate of drug-likeness (QED) is 0.177. The van der Waals surface area contributed by atoms with Gasteiger partial charge in [-0.1, -0.05) is 0 Å². The average Bonchev–Trinajstić information content (AvgIpc) is 2.84. The van der Waals surface area contributed by atoms with Gasteiger partial charge in [-0.15, -0.1) is 0 Å². The van der Waals surface area contributed by atoms with Gasteiger partial charge in [0.15, 0.2) is 6.29 Å². The number of hydrogen-bond acceptors (Lipinski definition) is 11. The molecule has 0 aliphatic carbocycles. The molecule has 0 saturated carbocycles. The van der Waals surface area contributed by atoms with Crippen molar-refractivity contribution < 1.29 is 44.2 Å². The highest BCUT2D eigenvalue weighted by Gasteiger charge is 2.43. The SMILES string of the molecule is CN(CCC(=O)NCCOCCOCCO[C@H]1O[C@H](CO)[C@@H](O)[C@H](O)[C@@H]1O)c1ccncc1. The third-order valence-corrected chi connectivity index (χ3v) is 5.08. The van der Waals surface area contributed by atoms with Gasteiger partial charge < -0.3 is 49.6 Å². The van der Waals surface area contributed by atoms with E-state index in [0.717, 1.165) is 5.69 Å². The zero-order valence-electron chi connectivity index (χ0n) is 18.8. The third-order valence-electron chi connectivity index (χ3n) is 5.08. The van der Waals surface area contributed by atoms with Crippen LogP contribution in [0.25, 0.3) is 0 Å². The zero-order chi connectivity index (χ0) is 24.1. The van der Waals surface area contributed by atoms with Crippen molar-refractivity contribution >= 4 is 11.6 Å². The van der Waals surface area contributed by atoms with Gasteiger partial charge in [-0.05, 0) is 12.1 Å². The average molecular weight is 474 g/mol. The number of nitrogens with zero attached hydrogens (tertiary/aromatic N) is 2. The van der Waals surface area contributed by atoms with Crippen LogP contribution in [-0.2, 0) is 23.7 Å². The number of amides is 1. The van der Waals surface area contributed by atoms with Crippen LogP contribution in [0.15, 0.2) is 24.5 Å². The molecule has 0 spiro atoms. The second-order valence-electron chi connectivity index (χ2n) is 7.52. The smallest absolute Gasteiger partial charge is 0.221 e. The Bertz CT molecular complexity index is 668. The molecule has 0 bridgehead atoms. The minimum absolute atomic E-state index is 0.0545. The molecular formula is C21H35N3O9. The van der Waals surface area contributed by atoms with E-state index >= 15 is 0 Å². The summed E-state index contributed by atoms with van der Waals surface area (Å²) in [6.45, 7) is 1.75. The Labute approximate surface area is 193 Å². The van der Waals surface area contributed by atoms with Crippen molar-refractivity contribution in [2.75, 3.05) is 64.7 Å². The molecule has 2 rings (SSSR count). The molecule has 33 heavy (non-hydrogen) atoms. The Morgan fingerprint density at radius 2 is 1.73 bits per heavy atom. The largest absolute Gasteiger partial charge is 0.394 e. The highest BCUT2D eigenvalue weighted by atomic mass is 16.7. The summed E-state index contributed by atoms with van der Waals surface area (Å²) in [7, 11) is 1.92. The van der Waals surface area contributed by atoms with E-state index in [1.807, 2.05) is 24.1 Å². The third kappa shape index (κ3) is 9.47. The first-order valence-electron chi connectivity index (χ1n) is 10.9. The van der Waals surface area contributed by atoms with Crippen molar-refractivity contribution in [3.63, 3.8) is 0 Å². The first kappa shape index (κ1) is 27.3. The van der Waals surface area contributed by atoms with Crippen molar-refractivity contribution in [3.8, 4) is 0 Å². The second kappa shape index (κ2) is 15.1. The van der Waals surface area contributed by atoms with Gasteiger partial charge in [-0.25, -0.2) is 0 Å². The lowest BCUT2D eigenvalue weighted by Gasteiger charge is -2.39. The first-order valence-corrected chi connectivity index (χ1v) is 10.9. The molecule has 2 heterocycles. The maximum atomic E-state index is 11.9. The fourth-order valence-electron chi connectivity index (χ4n) is 3.10. The van der Waals surface area contributed by atoms with E-state index in [1.54, 1.807) is 12.4 Å². The molecule has 1 aliphatic rings. The molecular weight excluding hydrogens is 438 g/mol. The number of rotatable bonds is 15. The summed E-state index contributed by atoms with van der Waals surface area (Å²) in [5.74, 6) is -0.0545. The summed E-state index contributed by atoms with van der Waals surface area (Å²) in [4.78, 5) is 17.9. The maximum Gasteiger partial charge on any atom is 0.221 e. The maximum absolute atomic E-state index is 11.9. The van der Waals surface area contributed by atoms with Gasteiger partial charge in [0.2, 0.25) is 5.91 Å². The van der Waals surface area contributed by atoms with Crippen LogP contribution in [0, 0.1) is 0 Å². The van der Waals surface area contributed by atoms with Crippen molar-refractivity contribution in [3.05, 3.63) is 24.5 Å². The number of anilines is 1. The Morgan fingerprint density at radius 3 is 2.42 bits per heavy atom. The van der Waals surface area contributed by atoms with Gasteiger partial charge in [0, 0.05) is 44.6 Å². The van der Waals surface area contributed by atoms with Gasteiger partial charge in [0.1, 0.15) is 24.4 Å². The lowest BCUT2D eigenvalue weighted by Crippen LogP contribution is -2.59. The summed E-state index contributed by atoms with van der Waals surface area (Å²) < 4.78 is 21.3. The molecule has 1 aliphatic heterocycles. The molecule has 1 saturated heterocycles. The highest BCUT2D eigenvalue weighted by Crippen LogP contribution is 2.21. The van der Waals surface area contributed by atoms with Crippen molar-refractivity contribution in [1.82, 2.24) is 10.3 Å². The van der Waals surface area contributed by atoms with E-state index in [-0.39, 0.29) is 19.1 Å². The molecule has 0 unspecified atom stereocenters. The van der Waals surface area contributed by atoms with Crippen LogP contribution in [0.5, 0.6) is 0 Å². The molecule has 188 valence electrons. The monoisotopic (exact) mass is 473 g/mol. The highest BCUT2D eigenvalue weighted by molar-refractivity contribution is 5.76. The Morgan fingerprint density at radius 1 is 1.06 bits per heavy atom. The minimum Gasteiger partial charge on any atom is -0.394 e. The zero-order valence-corrected chi connectivity index (χ0v) is 18.8. The van der Waals surface area contributed by atoms with Crippen molar-refractivity contribution in [2.45, 2.75) is 37.1 Å². The molecule has 1 fully saturated rings. The van der Waals surface area contributed by atoms with Crippen LogP contribution in [0.3, 0.4) is 0 Å². The summed E-state index contributed by atoms with van der Waals surface area (Å²) in [6.07, 6.45) is -2.72. The molecule has 0 aromatic carbocycles. The molecule has 1 aromatic heterocycles. The van der Waals surface area contributed by atoms with E-state index in [4.69, 9.17) is 24.1 Å². The first-order chi connectivity index (χ1) is 15.9. The lowest BCUT2D eigenvalue weighted by atomic mass is 9.99. The van der Waals surface area contributed by atoms with Gasteiger partial charge >= 0.3 is 0 Å². The van der Waals surface area contributed by atoms with E-state index in [9.17, 15) is 20.1 Å². The predicted molar refractivity (Wildman–Crippen MR) is 116 cm³/mol. The number of aromatic nitrogens is 1. The molecule has 12 heteroatoms. The Balaban J connectivity index is 1.43. The van der Waals surface area contributed by atoms with E-state index < -0.39 is 37.3 Å². The number of ether oxygens (including phenoxy) is 4. The fourth-order valence-corrected chi connectivity index (χ4v) is 3.10. The summed E-state index contributed by atoms with van der Waals surface area (Å²) >= 11 is 0. The number of carbonyl (C=O) groups excluding carboxylic acids is 1. The van der Waals surface area contributed by atoms with Gasteiger partial charge in [-0.2, -0.15) is 0 Å². The number of hydrogen-bond donors (Lipinski definition) is 5. The van der Waals surface area contributed by atoms with Crippen LogP contribution in [0.4, 0.5) is 5.69 Å². The standard InChI is InChI=1S/C21H35N3O9/c1-24(15-2-5-22-6-3-15)8-4-17(26)23-7-9-30-10-11-31-12-13-32-21-20(29)19(28)18(27)16(14-25)33-21/h2-3,5-6,16,18-21,25,27-29H,4,7-14H2,1H3,(H,23,26)/t16-,18-,19+,20+,21+/m1/s1. The number of aliphatic hydroxyl groups excluding tert-OH is 4. The minimum atomic E-state index is -1.47. The Kier molecular flexibility index (Phi) is 12.5. The molecule has 1 aromatic rings. The molecule has 1 amide bonds. The fraction of sp³-hybridized carbons (Fsp3) is 0.714. The molecule has 12 nitrogen and oxygen atoms in total.